The van der Waals surface area contributed by atoms with E-state index in [0.29, 0.717) is 0 Å². The zero-order valence-corrected chi connectivity index (χ0v) is 15.6. The van der Waals surface area contributed by atoms with Crippen molar-refractivity contribution in [1.29, 1.82) is 0 Å². The standard InChI is InChI=1S/C20H23O3S/c1-14(21)22-19(2,3)15-10-6-8-12-17(15)24-18-13-9-7-11-16(18)20(4,5)23-24/h6-13H,1-5H3/q+1. The summed E-state index contributed by atoms with van der Waals surface area (Å²) in [6.07, 6.45) is 0. The predicted octanol–water partition coefficient (Wildman–Crippen LogP) is 4.70. The Morgan fingerprint density at radius 1 is 1.04 bits per heavy atom. The molecule has 4 heteroatoms. The SMILES string of the molecule is CC(=O)OC(C)(C)c1ccccc1[S+]1OC(C)(C)c2ccccc21. The lowest BCUT2D eigenvalue weighted by Crippen LogP contribution is -2.27. The number of rotatable bonds is 3. The summed E-state index contributed by atoms with van der Waals surface area (Å²) in [7, 11) is 0. The molecule has 1 atom stereocenters. The van der Waals surface area contributed by atoms with Gasteiger partial charge in [-0.3, -0.25) is 4.79 Å². The number of benzene rings is 2. The smallest absolute Gasteiger partial charge is 0.303 e. The zero-order chi connectivity index (χ0) is 17.5. The molecule has 0 spiro atoms. The Hall–Kier alpha value is -1.78. The molecule has 0 saturated heterocycles. The van der Waals surface area contributed by atoms with Gasteiger partial charge in [-0.25, -0.2) is 0 Å². The van der Waals surface area contributed by atoms with Crippen molar-refractivity contribution >= 4 is 17.1 Å². The molecule has 0 bridgehead atoms. The first-order chi connectivity index (χ1) is 11.2. The van der Waals surface area contributed by atoms with Crippen molar-refractivity contribution < 1.29 is 13.7 Å². The quantitative estimate of drug-likeness (QED) is 0.598. The number of ether oxygens (including phenoxy) is 1. The minimum absolute atomic E-state index is 0.286. The second kappa shape index (κ2) is 5.94. The van der Waals surface area contributed by atoms with E-state index in [1.165, 1.54) is 17.4 Å². The van der Waals surface area contributed by atoms with E-state index in [4.69, 9.17) is 8.92 Å². The van der Waals surface area contributed by atoms with Crippen molar-refractivity contribution in [2.45, 2.75) is 55.6 Å². The number of esters is 1. The van der Waals surface area contributed by atoms with Gasteiger partial charge in [0.2, 0.25) is 21.0 Å². The summed E-state index contributed by atoms with van der Waals surface area (Å²) in [4.78, 5) is 13.8. The average molecular weight is 343 g/mol. The Morgan fingerprint density at radius 3 is 2.29 bits per heavy atom. The van der Waals surface area contributed by atoms with E-state index in [2.05, 4.69) is 32.0 Å². The van der Waals surface area contributed by atoms with Crippen LogP contribution in [0.15, 0.2) is 58.3 Å². The third kappa shape index (κ3) is 2.96. The second-order valence-corrected chi connectivity index (χ2v) is 8.54. The van der Waals surface area contributed by atoms with Crippen LogP contribution in [0.3, 0.4) is 0 Å². The summed E-state index contributed by atoms with van der Waals surface area (Å²) in [5.41, 5.74) is 1.16. The maximum Gasteiger partial charge on any atom is 0.303 e. The van der Waals surface area contributed by atoms with E-state index >= 15 is 0 Å². The van der Waals surface area contributed by atoms with Gasteiger partial charge in [-0.2, -0.15) is 4.18 Å². The summed E-state index contributed by atoms with van der Waals surface area (Å²) >= 11 is -0.499. The molecule has 1 aliphatic heterocycles. The number of hydrogen-bond acceptors (Lipinski definition) is 3. The summed E-state index contributed by atoms with van der Waals surface area (Å²) in [6.45, 7) is 9.47. The molecule has 1 aliphatic rings. The molecule has 1 heterocycles. The van der Waals surface area contributed by atoms with Gasteiger partial charge in [0.15, 0.2) is 5.60 Å². The Kier molecular flexibility index (Phi) is 4.22. The van der Waals surface area contributed by atoms with Gasteiger partial charge in [-0.1, -0.05) is 30.3 Å². The van der Waals surface area contributed by atoms with E-state index in [-0.39, 0.29) is 11.6 Å². The van der Waals surface area contributed by atoms with Crippen LogP contribution in [-0.4, -0.2) is 5.97 Å². The van der Waals surface area contributed by atoms with Crippen LogP contribution in [0.1, 0.15) is 45.7 Å². The van der Waals surface area contributed by atoms with Crippen LogP contribution in [0.5, 0.6) is 0 Å². The maximum atomic E-state index is 11.5. The molecule has 2 aromatic rings. The Morgan fingerprint density at radius 2 is 1.62 bits per heavy atom. The molecule has 0 aliphatic carbocycles. The van der Waals surface area contributed by atoms with Crippen molar-refractivity contribution in [2.24, 2.45) is 0 Å². The van der Waals surface area contributed by atoms with E-state index in [0.717, 1.165) is 10.5 Å². The zero-order valence-electron chi connectivity index (χ0n) is 14.8. The highest BCUT2D eigenvalue weighted by Crippen LogP contribution is 2.47. The predicted molar refractivity (Wildman–Crippen MR) is 95.7 cm³/mol. The van der Waals surface area contributed by atoms with Crippen molar-refractivity contribution in [3.63, 3.8) is 0 Å². The lowest BCUT2D eigenvalue weighted by atomic mass is 9.98. The van der Waals surface area contributed by atoms with E-state index < -0.39 is 16.8 Å². The second-order valence-electron chi connectivity index (χ2n) is 6.96. The molecule has 2 aromatic carbocycles. The van der Waals surface area contributed by atoms with E-state index in [1.54, 1.807) is 0 Å². The molecule has 3 rings (SSSR count). The topological polar surface area (TPSA) is 35.5 Å². The lowest BCUT2D eigenvalue weighted by Gasteiger charge is -2.25. The molecule has 0 saturated carbocycles. The van der Waals surface area contributed by atoms with Gasteiger partial charge in [0.1, 0.15) is 5.60 Å². The molecule has 126 valence electrons. The maximum absolute atomic E-state index is 11.5. The van der Waals surface area contributed by atoms with Crippen molar-refractivity contribution in [3.05, 3.63) is 59.7 Å². The van der Waals surface area contributed by atoms with Gasteiger partial charge in [-0.15, -0.1) is 0 Å². The minimum Gasteiger partial charge on any atom is -0.455 e. The van der Waals surface area contributed by atoms with Gasteiger partial charge in [0.05, 0.1) is 5.56 Å². The highest BCUT2D eigenvalue weighted by atomic mass is 32.2. The Bertz CT molecular complexity index is 780. The van der Waals surface area contributed by atoms with Crippen LogP contribution in [-0.2, 0) is 36.1 Å². The van der Waals surface area contributed by atoms with Crippen LogP contribution >= 0.6 is 0 Å². The third-order valence-corrected chi connectivity index (χ3v) is 6.26. The van der Waals surface area contributed by atoms with Gasteiger partial charge < -0.3 is 4.74 Å². The molecule has 0 amide bonds. The number of carbonyl (C=O) groups excluding carboxylic acids is 1. The van der Waals surface area contributed by atoms with Gasteiger partial charge in [0.25, 0.3) is 0 Å². The highest BCUT2D eigenvalue weighted by Gasteiger charge is 2.51. The molecule has 1 unspecified atom stereocenters. The van der Waals surface area contributed by atoms with Crippen molar-refractivity contribution in [1.82, 2.24) is 0 Å². The first kappa shape index (κ1) is 17.1. The molecule has 3 nitrogen and oxygen atoms in total. The largest absolute Gasteiger partial charge is 0.455 e. The minimum atomic E-state index is -0.708. The van der Waals surface area contributed by atoms with Crippen molar-refractivity contribution in [2.75, 3.05) is 0 Å². The normalized spacial score (nSPS) is 19.0. The Labute approximate surface area is 146 Å². The van der Waals surface area contributed by atoms with Crippen LogP contribution < -0.4 is 0 Å². The molecule has 0 radical (unpaired) electrons. The summed E-state index contributed by atoms with van der Waals surface area (Å²) in [5.74, 6) is -0.286. The monoisotopic (exact) mass is 343 g/mol. The molecule has 0 fully saturated rings. The Balaban J connectivity index is 2.11. The van der Waals surface area contributed by atoms with Crippen LogP contribution in [0.2, 0.25) is 0 Å². The van der Waals surface area contributed by atoms with Crippen LogP contribution in [0.4, 0.5) is 0 Å². The van der Waals surface area contributed by atoms with E-state index in [9.17, 15) is 4.79 Å². The highest BCUT2D eigenvalue weighted by molar-refractivity contribution is 7.92. The number of hydrogen-bond donors (Lipinski definition) is 0. The fraction of sp³-hybridized carbons (Fsp3) is 0.350. The van der Waals surface area contributed by atoms with E-state index in [1.807, 2.05) is 44.2 Å². The molecule has 0 N–H and O–H groups in total. The number of fused-ring (bicyclic) bond motifs is 1. The molecular weight excluding hydrogens is 320 g/mol. The summed E-state index contributed by atoms with van der Waals surface area (Å²) < 4.78 is 12.0. The van der Waals surface area contributed by atoms with Crippen molar-refractivity contribution in [3.8, 4) is 0 Å². The first-order valence-corrected chi connectivity index (χ1v) is 9.20. The summed E-state index contributed by atoms with van der Waals surface area (Å²) in [5, 5.41) is 0. The fourth-order valence-corrected chi connectivity index (χ4v) is 5.48. The van der Waals surface area contributed by atoms with Gasteiger partial charge in [-0.05, 0) is 45.9 Å². The fourth-order valence-electron chi connectivity index (χ4n) is 3.13. The average Bonchev–Trinajstić information content (AvgIpc) is 2.78. The third-order valence-electron chi connectivity index (χ3n) is 4.16. The van der Waals surface area contributed by atoms with Crippen LogP contribution in [0, 0.1) is 0 Å². The first-order valence-electron chi connectivity index (χ1n) is 8.05. The molecular formula is C20H23O3S+. The summed E-state index contributed by atoms with van der Waals surface area (Å²) in [6, 6.07) is 16.4. The lowest BCUT2D eigenvalue weighted by molar-refractivity contribution is -0.154. The van der Waals surface area contributed by atoms with Gasteiger partial charge in [0, 0.05) is 12.5 Å². The van der Waals surface area contributed by atoms with Gasteiger partial charge >= 0.3 is 5.97 Å². The van der Waals surface area contributed by atoms with Crippen LogP contribution in [0.25, 0.3) is 0 Å². The molecule has 0 aromatic heterocycles. The molecule has 24 heavy (non-hydrogen) atoms. The number of carbonyl (C=O) groups is 1.